The molecule has 1 atom stereocenters. The van der Waals surface area contributed by atoms with Gasteiger partial charge in [-0.05, 0) is 24.6 Å². The number of carbonyl (C=O) groups excluding carboxylic acids is 3. The molecule has 1 aromatic carbocycles. The van der Waals surface area contributed by atoms with Crippen molar-refractivity contribution in [3.8, 4) is 17.2 Å². The summed E-state index contributed by atoms with van der Waals surface area (Å²) < 4.78 is 20.5. The summed E-state index contributed by atoms with van der Waals surface area (Å²) >= 11 is 0. The van der Waals surface area contributed by atoms with Crippen LogP contribution in [0.1, 0.15) is 25.3 Å². The van der Waals surface area contributed by atoms with Crippen molar-refractivity contribution in [3.05, 3.63) is 17.7 Å². The molecule has 7 nitrogen and oxygen atoms in total. The maximum atomic E-state index is 12.2. The van der Waals surface area contributed by atoms with Gasteiger partial charge in [0.05, 0.1) is 27.9 Å². The van der Waals surface area contributed by atoms with E-state index in [0.29, 0.717) is 5.75 Å². The van der Waals surface area contributed by atoms with Gasteiger partial charge in [0.1, 0.15) is 5.92 Å². The third-order valence-electron chi connectivity index (χ3n) is 3.15. The van der Waals surface area contributed by atoms with Crippen LogP contribution in [0.15, 0.2) is 12.1 Å². The molecule has 0 fully saturated rings. The van der Waals surface area contributed by atoms with Gasteiger partial charge in [-0.2, -0.15) is 0 Å². The van der Waals surface area contributed by atoms with Crippen LogP contribution in [0.2, 0.25) is 0 Å². The maximum absolute atomic E-state index is 12.2. The van der Waals surface area contributed by atoms with E-state index in [4.69, 9.17) is 18.9 Å². The molecule has 0 aliphatic heterocycles. The molecule has 0 bridgehead atoms. The first-order valence-electron chi connectivity index (χ1n) is 6.92. The first kappa shape index (κ1) is 18.5. The van der Waals surface area contributed by atoms with Crippen LogP contribution in [0.3, 0.4) is 0 Å². The van der Waals surface area contributed by atoms with Crippen molar-refractivity contribution >= 4 is 17.5 Å². The van der Waals surface area contributed by atoms with Crippen LogP contribution in [-0.4, -0.2) is 45.5 Å². The smallest absolute Gasteiger partial charge is 0.321 e. The number of esters is 1. The Labute approximate surface area is 134 Å². The molecule has 23 heavy (non-hydrogen) atoms. The van der Waals surface area contributed by atoms with Gasteiger partial charge in [0.25, 0.3) is 0 Å². The first-order valence-corrected chi connectivity index (χ1v) is 6.92. The maximum Gasteiger partial charge on any atom is 0.321 e. The van der Waals surface area contributed by atoms with E-state index < -0.39 is 23.5 Å². The van der Waals surface area contributed by atoms with Crippen molar-refractivity contribution in [2.24, 2.45) is 0 Å². The van der Waals surface area contributed by atoms with Gasteiger partial charge in [0.15, 0.2) is 17.3 Å². The summed E-state index contributed by atoms with van der Waals surface area (Å²) in [7, 11) is 4.25. The Morgan fingerprint density at radius 3 is 1.87 bits per heavy atom. The average molecular weight is 324 g/mol. The second kappa shape index (κ2) is 8.17. The Hall–Kier alpha value is -2.57. The molecule has 0 saturated heterocycles. The second-order valence-corrected chi connectivity index (χ2v) is 4.56. The summed E-state index contributed by atoms with van der Waals surface area (Å²) in [6.45, 7) is 2.81. The highest BCUT2D eigenvalue weighted by atomic mass is 16.5. The standard InChI is InChI=1S/C16H20O7/c1-6-23-16(19)13(14(18)9(2)17)10-7-11(20-3)15(22-5)12(8-10)21-4/h7-8,13H,6H2,1-5H3. The van der Waals surface area contributed by atoms with Crippen molar-refractivity contribution in [2.45, 2.75) is 19.8 Å². The molecule has 126 valence electrons. The molecule has 0 aliphatic carbocycles. The summed E-state index contributed by atoms with van der Waals surface area (Å²) in [5, 5.41) is 0. The number of hydrogen-bond acceptors (Lipinski definition) is 7. The van der Waals surface area contributed by atoms with E-state index in [1.54, 1.807) is 6.92 Å². The molecular weight excluding hydrogens is 304 g/mol. The molecule has 0 aliphatic rings. The van der Waals surface area contributed by atoms with Crippen molar-refractivity contribution in [1.82, 2.24) is 0 Å². The van der Waals surface area contributed by atoms with Gasteiger partial charge in [-0.3, -0.25) is 14.4 Å². The van der Waals surface area contributed by atoms with Crippen molar-refractivity contribution in [1.29, 1.82) is 0 Å². The molecule has 0 aromatic heterocycles. The highest BCUT2D eigenvalue weighted by Gasteiger charge is 2.34. The van der Waals surface area contributed by atoms with Crippen molar-refractivity contribution in [3.63, 3.8) is 0 Å². The lowest BCUT2D eigenvalue weighted by molar-refractivity contribution is -0.150. The summed E-state index contributed by atoms with van der Waals surface area (Å²) in [4.78, 5) is 35.7. The molecule has 0 heterocycles. The van der Waals surface area contributed by atoms with Crippen LogP contribution in [0, 0.1) is 0 Å². The summed E-state index contributed by atoms with van der Waals surface area (Å²) in [5.74, 6) is -2.92. The van der Waals surface area contributed by atoms with Gasteiger partial charge >= 0.3 is 5.97 Å². The second-order valence-electron chi connectivity index (χ2n) is 4.56. The molecule has 0 N–H and O–H groups in total. The predicted octanol–water partition coefficient (Wildman–Crippen LogP) is 1.52. The quantitative estimate of drug-likeness (QED) is 0.407. The van der Waals surface area contributed by atoms with E-state index >= 15 is 0 Å². The zero-order valence-corrected chi connectivity index (χ0v) is 13.8. The van der Waals surface area contributed by atoms with Crippen LogP contribution in [0.5, 0.6) is 17.2 Å². The Balaban J connectivity index is 3.49. The minimum absolute atomic E-state index is 0.0882. The summed E-state index contributed by atoms with van der Waals surface area (Å²) in [5.41, 5.74) is 0.234. The summed E-state index contributed by atoms with van der Waals surface area (Å²) in [6, 6.07) is 2.90. The number of ketones is 2. The minimum Gasteiger partial charge on any atom is -0.493 e. The van der Waals surface area contributed by atoms with Gasteiger partial charge in [0, 0.05) is 6.92 Å². The van der Waals surface area contributed by atoms with Gasteiger partial charge in [-0.25, -0.2) is 0 Å². The first-order chi connectivity index (χ1) is 10.9. The Morgan fingerprint density at radius 2 is 1.52 bits per heavy atom. The molecule has 0 saturated carbocycles. The molecule has 1 aromatic rings. The largest absolute Gasteiger partial charge is 0.493 e. The van der Waals surface area contributed by atoms with Crippen molar-refractivity contribution < 1.29 is 33.3 Å². The Bertz CT molecular complexity index is 581. The highest BCUT2D eigenvalue weighted by molar-refractivity contribution is 6.42. The third kappa shape index (κ3) is 4.00. The SMILES string of the molecule is CCOC(=O)C(C(=O)C(C)=O)c1cc(OC)c(OC)c(OC)c1. The number of hydrogen-bond donors (Lipinski definition) is 0. The Kier molecular flexibility index (Phi) is 6.56. The van der Waals surface area contributed by atoms with Crippen LogP contribution in [0.4, 0.5) is 0 Å². The van der Waals surface area contributed by atoms with Gasteiger partial charge in [-0.15, -0.1) is 0 Å². The van der Waals surface area contributed by atoms with E-state index in [9.17, 15) is 14.4 Å². The molecule has 0 spiro atoms. The summed E-state index contributed by atoms with van der Waals surface area (Å²) in [6.07, 6.45) is 0. The Morgan fingerprint density at radius 1 is 1.00 bits per heavy atom. The van der Waals surface area contributed by atoms with Crippen LogP contribution in [0.25, 0.3) is 0 Å². The fourth-order valence-electron chi connectivity index (χ4n) is 2.09. The zero-order valence-electron chi connectivity index (χ0n) is 13.8. The average Bonchev–Trinajstić information content (AvgIpc) is 2.53. The van der Waals surface area contributed by atoms with E-state index in [0.717, 1.165) is 6.92 Å². The predicted molar refractivity (Wildman–Crippen MR) is 81.2 cm³/mol. The lowest BCUT2D eigenvalue weighted by atomic mass is 9.92. The van der Waals surface area contributed by atoms with Gasteiger partial charge < -0.3 is 18.9 Å². The fourth-order valence-corrected chi connectivity index (χ4v) is 2.09. The van der Waals surface area contributed by atoms with Crippen LogP contribution >= 0.6 is 0 Å². The zero-order chi connectivity index (χ0) is 17.6. The fraction of sp³-hybridized carbons (Fsp3) is 0.438. The number of benzene rings is 1. The minimum atomic E-state index is -1.37. The van der Waals surface area contributed by atoms with E-state index in [2.05, 4.69) is 0 Å². The van der Waals surface area contributed by atoms with E-state index in [-0.39, 0.29) is 23.7 Å². The number of methoxy groups -OCH3 is 3. The molecular formula is C16H20O7. The van der Waals surface area contributed by atoms with E-state index in [1.165, 1.54) is 33.5 Å². The monoisotopic (exact) mass is 324 g/mol. The topological polar surface area (TPSA) is 88.1 Å². The lowest BCUT2D eigenvalue weighted by Gasteiger charge is -2.18. The molecule has 0 radical (unpaired) electrons. The van der Waals surface area contributed by atoms with Crippen LogP contribution < -0.4 is 14.2 Å². The molecule has 1 rings (SSSR count). The number of rotatable bonds is 8. The number of Topliss-reactive ketones (excluding diaryl/α,β-unsaturated/α-hetero) is 2. The highest BCUT2D eigenvalue weighted by Crippen LogP contribution is 2.40. The molecule has 1 unspecified atom stereocenters. The molecule has 7 heteroatoms. The lowest BCUT2D eigenvalue weighted by Crippen LogP contribution is -2.28. The normalized spacial score (nSPS) is 11.3. The number of carbonyl (C=O) groups is 3. The molecule has 0 amide bonds. The van der Waals surface area contributed by atoms with Crippen molar-refractivity contribution in [2.75, 3.05) is 27.9 Å². The van der Waals surface area contributed by atoms with Crippen LogP contribution in [-0.2, 0) is 19.1 Å². The van der Waals surface area contributed by atoms with Gasteiger partial charge in [0.2, 0.25) is 11.5 Å². The van der Waals surface area contributed by atoms with Gasteiger partial charge in [-0.1, -0.05) is 0 Å². The number of ether oxygens (including phenoxy) is 4. The van der Waals surface area contributed by atoms with E-state index in [1.807, 2.05) is 0 Å². The third-order valence-corrected chi connectivity index (χ3v) is 3.15.